The van der Waals surface area contributed by atoms with E-state index in [0.29, 0.717) is 5.92 Å². The van der Waals surface area contributed by atoms with Gasteiger partial charge in [0.25, 0.3) is 0 Å². The summed E-state index contributed by atoms with van der Waals surface area (Å²) in [5, 5.41) is 0. The summed E-state index contributed by atoms with van der Waals surface area (Å²) in [7, 11) is 0. The summed E-state index contributed by atoms with van der Waals surface area (Å²) in [6.45, 7) is 4.46. The standard InChI is InChI=1S/C29H41F/c1-3-5-7-8-9-11-23-12-15-25(16-13-23)26-17-19-27(20-18-26)28-21-14-24(10-6-4-2)22-29(28)30/h14,17-23,25H,3-13,15-16H2,1-2H3/t23-,25-. The van der Waals surface area contributed by atoms with Crippen molar-refractivity contribution in [1.82, 2.24) is 0 Å². The molecule has 2 aromatic carbocycles. The predicted octanol–water partition coefficient (Wildman–Crippen LogP) is 9.47. The molecule has 0 unspecified atom stereocenters. The number of aryl methyl sites for hydroxylation is 1. The highest BCUT2D eigenvalue weighted by Gasteiger charge is 2.22. The van der Waals surface area contributed by atoms with Crippen molar-refractivity contribution >= 4 is 0 Å². The van der Waals surface area contributed by atoms with Crippen LogP contribution in [0.5, 0.6) is 0 Å². The lowest BCUT2D eigenvalue weighted by Crippen LogP contribution is -2.13. The van der Waals surface area contributed by atoms with Gasteiger partial charge < -0.3 is 0 Å². The van der Waals surface area contributed by atoms with Crippen molar-refractivity contribution in [1.29, 1.82) is 0 Å². The van der Waals surface area contributed by atoms with Crippen LogP contribution >= 0.6 is 0 Å². The molecule has 1 heteroatoms. The van der Waals surface area contributed by atoms with Gasteiger partial charge in [-0.15, -0.1) is 0 Å². The average molecular weight is 409 g/mol. The fraction of sp³-hybridized carbons (Fsp3) is 0.586. The zero-order chi connectivity index (χ0) is 21.2. The number of hydrogen-bond acceptors (Lipinski definition) is 0. The summed E-state index contributed by atoms with van der Waals surface area (Å²) < 4.78 is 14.6. The van der Waals surface area contributed by atoms with E-state index in [0.717, 1.165) is 41.9 Å². The molecule has 0 radical (unpaired) electrons. The minimum Gasteiger partial charge on any atom is -0.206 e. The molecule has 0 amide bonds. The van der Waals surface area contributed by atoms with E-state index in [2.05, 4.69) is 44.2 Å². The van der Waals surface area contributed by atoms with Crippen LogP contribution in [0.15, 0.2) is 42.5 Å². The number of unbranched alkanes of at least 4 members (excludes halogenated alkanes) is 5. The smallest absolute Gasteiger partial charge is 0.131 e. The van der Waals surface area contributed by atoms with E-state index >= 15 is 0 Å². The van der Waals surface area contributed by atoms with E-state index in [-0.39, 0.29) is 5.82 Å². The molecule has 0 N–H and O–H groups in total. The molecule has 2 aromatic rings. The third-order valence-corrected chi connectivity index (χ3v) is 7.11. The predicted molar refractivity (Wildman–Crippen MR) is 129 cm³/mol. The average Bonchev–Trinajstić information content (AvgIpc) is 2.78. The van der Waals surface area contributed by atoms with Crippen LogP contribution < -0.4 is 0 Å². The Morgan fingerprint density at radius 1 is 0.767 bits per heavy atom. The highest BCUT2D eigenvalue weighted by atomic mass is 19.1. The van der Waals surface area contributed by atoms with Crippen molar-refractivity contribution in [2.24, 2.45) is 5.92 Å². The maximum Gasteiger partial charge on any atom is 0.131 e. The lowest BCUT2D eigenvalue weighted by atomic mass is 9.77. The van der Waals surface area contributed by atoms with Crippen molar-refractivity contribution in [2.45, 2.75) is 103 Å². The van der Waals surface area contributed by atoms with Gasteiger partial charge >= 0.3 is 0 Å². The Bertz CT molecular complexity index is 737. The van der Waals surface area contributed by atoms with E-state index in [9.17, 15) is 4.39 Å². The lowest BCUT2D eigenvalue weighted by molar-refractivity contribution is 0.302. The zero-order valence-electron chi connectivity index (χ0n) is 19.3. The topological polar surface area (TPSA) is 0 Å². The van der Waals surface area contributed by atoms with Gasteiger partial charge in [0.05, 0.1) is 0 Å². The first-order valence-electron chi connectivity index (χ1n) is 12.6. The van der Waals surface area contributed by atoms with Crippen LogP contribution in [0.25, 0.3) is 11.1 Å². The molecule has 0 saturated heterocycles. The fourth-order valence-electron chi connectivity index (χ4n) is 5.08. The van der Waals surface area contributed by atoms with Crippen molar-refractivity contribution in [2.75, 3.05) is 0 Å². The van der Waals surface area contributed by atoms with Crippen LogP contribution in [0.2, 0.25) is 0 Å². The van der Waals surface area contributed by atoms with Crippen molar-refractivity contribution in [3.05, 3.63) is 59.4 Å². The second kappa shape index (κ2) is 12.3. The first-order chi connectivity index (χ1) is 14.7. The summed E-state index contributed by atoms with van der Waals surface area (Å²) >= 11 is 0. The molecule has 164 valence electrons. The summed E-state index contributed by atoms with van der Waals surface area (Å²) in [6.07, 6.45) is 17.1. The SMILES string of the molecule is CCCCCCC[C@H]1CC[C@H](c2ccc(-c3ccc(CCCC)cc3F)cc2)CC1. The molecule has 1 saturated carbocycles. The summed E-state index contributed by atoms with van der Waals surface area (Å²) in [5.74, 6) is 1.55. The van der Waals surface area contributed by atoms with Gasteiger partial charge in [-0.25, -0.2) is 4.39 Å². The van der Waals surface area contributed by atoms with Gasteiger partial charge in [0.1, 0.15) is 5.82 Å². The molecule has 30 heavy (non-hydrogen) atoms. The minimum atomic E-state index is -0.0872. The third-order valence-electron chi connectivity index (χ3n) is 7.11. The summed E-state index contributed by atoms with van der Waals surface area (Å²) in [5.41, 5.74) is 4.28. The Morgan fingerprint density at radius 2 is 1.47 bits per heavy atom. The van der Waals surface area contributed by atoms with Crippen LogP contribution in [0.4, 0.5) is 4.39 Å². The monoisotopic (exact) mass is 408 g/mol. The fourth-order valence-corrected chi connectivity index (χ4v) is 5.08. The van der Waals surface area contributed by atoms with Crippen LogP contribution in [-0.4, -0.2) is 0 Å². The van der Waals surface area contributed by atoms with Gasteiger partial charge in [0, 0.05) is 5.56 Å². The van der Waals surface area contributed by atoms with Crippen molar-refractivity contribution in [3.8, 4) is 11.1 Å². The zero-order valence-corrected chi connectivity index (χ0v) is 19.3. The number of halogens is 1. The van der Waals surface area contributed by atoms with Gasteiger partial charge in [-0.3, -0.25) is 0 Å². The Labute approximate surface area is 184 Å². The largest absolute Gasteiger partial charge is 0.206 e. The molecule has 0 aromatic heterocycles. The Kier molecular flexibility index (Phi) is 9.43. The quantitative estimate of drug-likeness (QED) is 0.325. The van der Waals surface area contributed by atoms with E-state index in [1.807, 2.05) is 6.07 Å². The molecular weight excluding hydrogens is 367 g/mol. The van der Waals surface area contributed by atoms with E-state index in [4.69, 9.17) is 0 Å². The van der Waals surface area contributed by atoms with E-state index < -0.39 is 0 Å². The molecule has 0 bridgehead atoms. The molecule has 0 heterocycles. The van der Waals surface area contributed by atoms with Gasteiger partial charge in [0.2, 0.25) is 0 Å². The first kappa shape index (κ1) is 23.0. The molecule has 0 atom stereocenters. The molecule has 0 nitrogen and oxygen atoms in total. The Hall–Kier alpha value is -1.63. The maximum absolute atomic E-state index is 14.6. The van der Waals surface area contributed by atoms with Gasteiger partial charge in [-0.05, 0) is 73.1 Å². The number of hydrogen-bond donors (Lipinski definition) is 0. The summed E-state index contributed by atoms with van der Waals surface area (Å²) in [6, 6.07) is 14.5. The van der Waals surface area contributed by atoms with Gasteiger partial charge in [0.15, 0.2) is 0 Å². The van der Waals surface area contributed by atoms with Crippen LogP contribution in [0.3, 0.4) is 0 Å². The maximum atomic E-state index is 14.6. The Morgan fingerprint density at radius 3 is 2.13 bits per heavy atom. The molecular formula is C29H41F. The second-order valence-corrected chi connectivity index (χ2v) is 9.46. The molecule has 1 fully saturated rings. The highest BCUT2D eigenvalue weighted by Crippen LogP contribution is 2.38. The number of rotatable bonds is 11. The normalized spacial score (nSPS) is 19.2. The molecule has 3 rings (SSSR count). The van der Waals surface area contributed by atoms with Crippen LogP contribution in [-0.2, 0) is 6.42 Å². The van der Waals surface area contributed by atoms with Gasteiger partial charge in [-0.1, -0.05) is 95.2 Å². The van der Waals surface area contributed by atoms with Crippen LogP contribution in [0, 0.1) is 11.7 Å². The summed E-state index contributed by atoms with van der Waals surface area (Å²) in [4.78, 5) is 0. The van der Waals surface area contributed by atoms with Crippen molar-refractivity contribution < 1.29 is 4.39 Å². The molecule has 1 aliphatic carbocycles. The molecule has 0 spiro atoms. The second-order valence-electron chi connectivity index (χ2n) is 9.46. The Balaban J connectivity index is 1.50. The minimum absolute atomic E-state index is 0.0872. The van der Waals surface area contributed by atoms with E-state index in [1.165, 1.54) is 69.8 Å². The lowest BCUT2D eigenvalue weighted by Gasteiger charge is -2.29. The van der Waals surface area contributed by atoms with Crippen LogP contribution in [0.1, 0.15) is 108 Å². The first-order valence-corrected chi connectivity index (χ1v) is 12.6. The van der Waals surface area contributed by atoms with Crippen molar-refractivity contribution in [3.63, 3.8) is 0 Å². The van der Waals surface area contributed by atoms with Gasteiger partial charge in [-0.2, -0.15) is 0 Å². The highest BCUT2D eigenvalue weighted by molar-refractivity contribution is 5.65. The molecule has 0 aliphatic heterocycles. The number of benzene rings is 2. The van der Waals surface area contributed by atoms with E-state index in [1.54, 1.807) is 6.07 Å². The third kappa shape index (κ3) is 6.69. The molecule has 1 aliphatic rings.